The number of aryl methyl sites for hydroxylation is 1. The monoisotopic (exact) mass is 425 g/mol. The van der Waals surface area contributed by atoms with Crippen molar-refractivity contribution in [1.82, 2.24) is 14.8 Å². The highest BCUT2D eigenvalue weighted by Gasteiger charge is 2.44. The molecule has 1 saturated heterocycles. The second-order valence-electron chi connectivity index (χ2n) is 7.36. The van der Waals surface area contributed by atoms with Crippen molar-refractivity contribution >= 4 is 27.9 Å². The highest BCUT2D eigenvalue weighted by molar-refractivity contribution is 9.10. The molecular formula is C18H24BrN3O4. The summed E-state index contributed by atoms with van der Waals surface area (Å²) in [6, 6.07) is 0.680. The number of nitrogens with one attached hydrogen (secondary N) is 1. The topological polar surface area (TPSA) is 80.6 Å². The van der Waals surface area contributed by atoms with Crippen LogP contribution in [0.1, 0.15) is 39.5 Å². The van der Waals surface area contributed by atoms with Crippen LogP contribution in [-0.4, -0.2) is 39.6 Å². The van der Waals surface area contributed by atoms with E-state index < -0.39 is 6.04 Å². The molecule has 0 radical (unpaired) electrons. The van der Waals surface area contributed by atoms with Gasteiger partial charge < -0.3 is 14.6 Å². The highest BCUT2D eigenvalue weighted by atomic mass is 79.9. The molecule has 1 aromatic heterocycles. The van der Waals surface area contributed by atoms with E-state index >= 15 is 0 Å². The quantitative estimate of drug-likeness (QED) is 0.750. The number of hydrogen-bond donors (Lipinski definition) is 1. The third-order valence-corrected chi connectivity index (χ3v) is 5.71. The molecule has 142 valence electrons. The van der Waals surface area contributed by atoms with Gasteiger partial charge in [0.1, 0.15) is 11.8 Å². The number of imide groups is 1. The molecule has 1 N–H and O–H groups in total. The van der Waals surface area contributed by atoms with Crippen molar-refractivity contribution in [1.29, 1.82) is 0 Å². The van der Waals surface area contributed by atoms with Crippen LogP contribution in [0.4, 0.5) is 4.79 Å². The van der Waals surface area contributed by atoms with Gasteiger partial charge in [0.25, 0.3) is 11.5 Å². The minimum absolute atomic E-state index is 0.0312. The van der Waals surface area contributed by atoms with E-state index in [0.717, 1.165) is 17.3 Å². The fourth-order valence-electron chi connectivity index (χ4n) is 3.58. The van der Waals surface area contributed by atoms with Crippen LogP contribution in [0.2, 0.25) is 0 Å². The van der Waals surface area contributed by atoms with Gasteiger partial charge in [0.15, 0.2) is 0 Å². The standard InChI is InChI=1S/C18H24BrN3O4/c1-10(2)16-17(24)22(18(25)20-16)11-4-6-12(7-5-11)26-14-8-15(23)21(3)9-13(14)19/h8-12,16H,4-7H2,1-3H3,(H,20,25)/t11-,12-,16-/m1/s1. The lowest BCUT2D eigenvalue weighted by molar-refractivity contribution is -0.130. The molecule has 26 heavy (non-hydrogen) atoms. The smallest absolute Gasteiger partial charge is 0.325 e. The lowest BCUT2D eigenvalue weighted by atomic mass is 9.91. The van der Waals surface area contributed by atoms with Gasteiger partial charge in [-0.25, -0.2) is 4.79 Å². The van der Waals surface area contributed by atoms with Gasteiger partial charge >= 0.3 is 6.03 Å². The van der Waals surface area contributed by atoms with Crippen molar-refractivity contribution in [2.75, 3.05) is 0 Å². The van der Waals surface area contributed by atoms with Gasteiger partial charge in [-0.3, -0.25) is 14.5 Å². The Kier molecular flexibility index (Phi) is 5.41. The Hall–Kier alpha value is -1.83. The Morgan fingerprint density at radius 3 is 2.42 bits per heavy atom. The number of nitrogens with zero attached hydrogens (tertiary/aromatic N) is 2. The summed E-state index contributed by atoms with van der Waals surface area (Å²) in [7, 11) is 1.69. The lowest BCUT2D eigenvalue weighted by Gasteiger charge is -2.33. The van der Waals surface area contributed by atoms with Gasteiger partial charge in [-0.1, -0.05) is 13.8 Å². The van der Waals surface area contributed by atoms with Crippen molar-refractivity contribution < 1.29 is 14.3 Å². The van der Waals surface area contributed by atoms with E-state index in [1.165, 1.54) is 15.5 Å². The molecule has 2 heterocycles. The Balaban J connectivity index is 1.61. The van der Waals surface area contributed by atoms with E-state index in [9.17, 15) is 14.4 Å². The first kappa shape index (κ1) is 18.9. The second kappa shape index (κ2) is 7.42. The van der Waals surface area contributed by atoms with Gasteiger partial charge in [-0.2, -0.15) is 0 Å². The number of amides is 3. The van der Waals surface area contributed by atoms with Crippen LogP contribution in [0.5, 0.6) is 5.75 Å². The molecule has 1 aliphatic carbocycles. The van der Waals surface area contributed by atoms with Crippen molar-refractivity contribution in [3.05, 3.63) is 27.1 Å². The zero-order chi connectivity index (χ0) is 19.0. The molecule has 1 aromatic rings. The Morgan fingerprint density at radius 2 is 1.85 bits per heavy atom. The summed E-state index contributed by atoms with van der Waals surface area (Å²) in [6.07, 6.45) is 4.53. The molecule has 2 aliphatic rings. The third kappa shape index (κ3) is 3.65. The molecule has 0 bridgehead atoms. The summed E-state index contributed by atoms with van der Waals surface area (Å²) in [4.78, 5) is 37.9. The lowest BCUT2D eigenvalue weighted by Crippen LogP contribution is -2.44. The number of ether oxygens (including phenoxy) is 1. The Labute approximate surface area is 160 Å². The summed E-state index contributed by atoms with van der Waals surface area (Å²) < 4.78 is 8.20. The van der Waals surface area contributed by atoms with Crippen LogP contribution in [-0.2, 0) is 11.8 Å². The van der Waals surface area contributed by atoms with Gasteiger partial charge in [0.05, 0.1) is 10.6 Å². The van der Waals surface area contributed by atoms with Gasteiger partial charge in [-0.15, -0.1) is 0 Å². The third-order valence-electron chi connectivity index (χ3n) is 5.12. The molecule has 0 spiro atoms. The molecule has 2 fully saturated rings. The number of pyridine rings is 1. The number of halogens is 1. The summed E-state index contributed by atoms with van der Waals surface area (Å²) in [6.45, 7) is 3.86. The van der Waals surface area contributed by atoms with E-state index in [0.29, 0.717) is 18.6 Å². The van der Waals surface area contributed by atoms with E-state index in [2.05, 4.69) is 21.2 Å². The van der Waals surface area contributed by atoms with Crippen LogP contribution < -0.4 is 15.6 Å². The molecule has 7 nitrogen and oxygen atoms in total. The minimum atomic E-state index is -0.423. The maximum absolute atomic E-state index is 12.5. The number of aromatic nitrogens is 1. The normalized spacial score (nSPS) is 26.3. The number of hydrogen-bond acceptors (Lipinski definition) is 4. The SMILES string of the molecule is CC(C)[C@H]1NC(=O)N([C@H]2CC[C@H](Oc3cc(=O)n(C)cc3Br)CC2)C1=O. The number of rotatable bonds is 4. The van der Waals surface area contributed by atoms with E-state index in [4.69, 9.17) is 4.74 Å². The molecule has 3 rings (SSSR count). The average Bonchev–Trinajstić information content (AvgIpc) is 2.88. The predicted molar refractivity (Wildman–Crippen MR) is 100 cm³/mol. The maximum Gasteiger partial charge on any atom is 0.325 e. The van der Waals surface area contributed by atoms with Crippen LogP contribution >= 0.6 is 15.9 Å². The predicted octanol–water partition coefficient (Wildman–Crippen LogP) is 2.41. The second-order valence-corrected chi connectivity index (χ2v) is 8.22. The highest BCUT2D eigenvalue weighted by Crippen LogP contribution is 2.31. The molecule has 3 amide bonds. The zero-order valence-electron chi connectivity index (χ0n) is 15.2. The Bertz CT molecular complexity index is 768. The van der Waals surface area contributed by atoms with Crippen LogP contribution in [0.3, 0.4) is 0 Å². The van der Waals surface area contributed by atoms with Gasteiger partial charge in [0.2, 0.25) is 0 Å². The van der Waals surface area contributed by atoms with Crippen LogP contribution in [0, 0.1) is 5.92 Å². The number of urea groups is 1. The van der Waals surface area contributed by atoms with Crippen LogP contribution in [0.15, 0.2) is 21.5 Å². The van der Waals surface area contributed by atoms with Crippen molar-refractivity contribution in [3.63, 3.8) is 0 Å². The molecule has 1 aliphatic heterocycles. The largest absolute Gasteiger partial charge is 0.489 e. The average molecular weight is 426 g/mol. The van der Waals surface area contributed by atoms with Gasteiger partial charge in [-0.05, 0) is 47.5 Å². The fraction of sp³-hybridized carbons (Fsp3) is 0.611. The van der Waals surface area contributed by atoms with Gasteiger partial charge in [0, 0.05) is 25.4 Å². The molecule has 1 atom stereocenters. The van der Waals surface area contributed by atoms with E-state index in [1.54, 1.807) is 13.2 Å². The fourth-order valence-corrected chi connectivity index (χ4v) is 4.10. The first-order chi connectivity index (χ1) is 12.3. The van der Waals surface area contributed by atoms with Crippen molar-refractivity contribution in [2.24, 2.45) is 13.0 Å². The molecule has 1 saturated carbocycles. The van der Waals surface area contributed by atoms with Crippen molar-refractivity contribution in [3.8, 4) is 5.75 Å². The first-order valence-electron chi connectivity index (χ1n) is 8.94. The van der Waals surface area contributed by atoms with Crippen molar-refractivity contribution in [2.45, 2.75) is 57.7 Å². The van der Waals surface area contributed by atoms with E-state index in [-0.39, 0.29) is 35.6 Å². The van der Waals surface area contributed by atoms with E-state index in [1.807, 2.05) is 13.8 Å². The molecule has 0 unspecified atom stereocenters. The number of carbonyl (C=O) groups is 2. The summed E-state index contributed by atoms with van der Waals surface area (Å²) >= 11 is 3.42. The summed E-state index contributed by atoms with van der Waals surface area (Å²) in [5.41, 5.74) is -0.129. The summed E-state index contributed by atoms with van der Waals surface area (Å²) in [5.74, 6) is 0.490. The minimum Gasteiger partial charge on any atom is -0.489 e. The van der Waals surface area contributed by atoms with Crippen LogP contribution in [0.25, 0.3) is 0 Å². The molecule has 0 aromatic carbocycles. The zero-order valence-corrected chi connectivity index (χ0v) is 16.8. The molecule has 8 heteroatoms. The first-order valence-corrected chi connectivity index (χ1v) is 9.73. The summed E-state index contributed by atoms with van der Waals surface area (Å²) in [5, 5.41) is 2.78. The maximum atomic E-state index is 12.5. The molecular weight excluding hydrogens is 402 g/mol. The Morgan fingerprint density at radius 1 is 1.19 bits per heavy atom. The number of carbonyl (C=O) groups excluding carboxylic acids is 2.